The average molecular weight is 317 g/mol. The number of aromatic nitrogens is 3. The summed E-state index contributed by atoms with van der Waals surface area (Å²) in [5.41, 5.74) is 1.98. The van der Waals surface area contributed by atoms with Crippen LogP contribution in [-0.2, 0) is 0 Å². The van der Waals surface area contributed by atoms with Crippen molar-refractivity contribution >= 4 is 33.3 Å². The predicted molar refractivity (Wildman–Crippen MR) is 86.7 cm³/mol. The second kappa shape index (κ2) is 6.09. The van der Waals surface area contributed by atoms with Crippen LogP contribution in [-0.4, -0.2) is 25.3 Å². The van der Waals surface area contributed by atoms with Gasteiger partial charge in [-0.25, -0.2) is 15.0 Å². The van der Waals surface area contributed by atoms with Gasteiger partial charge in [-0.15, -0.1) is 11.3 Å². The van der Waals surface area contributed by atoms with Crippen molar-refractivity contribution in [3.63, 3.8) is 0 Å². The lowest BCUT2D eigenvalue weighted by Gasteiger charge is -2.15. The molecule has 0 aliphatic carbocycles. The Bertz CT molecular complexity index is 709. The Morgan fingerprint density at radius 3 is 2.62 bits per heavy atom. The third kappa shape index (κ3) is 3.23. The lowest BCUT2D eigenvalue weighted by molar-refractivity contribution is 0.169. The van der Waals surface area contributed by atoms with Gasteiger partial charge in [-0.05, 0) is 31.5 Å². The molecule has 0 amide bonds. The van der Waals surface area contributed by atoms with Gasteiger partial charge in [0.05, 0.1) is 10.2 Å². The molecule has 0 bridgehead atoms. The molecule has 6 heteroatoms. The first-order chi connectivity index (χ1) is 10.1. The van der Waals surface area contributed by atoms with Crippen molar-refractivity contribution in [2.75, 3.05) is 0 Å². The standard InChI is InChI=1S/C15H15N3OS2/c1-9-7-16-14(17-8-9)13(19)10(2)20-15-18-11-5-3-4-6-12(11)21-15/h3-8,10,13,19H,1-2H3/t10?,13-/m0/s1. The van der Waals surface area contributed by atoms with Crippen LogP contribution in [0.15, 0.2) is 41.0 Å². The minimum absolute atomic E-state index is 0.0618. The van der Waals surface area contributed by atoms with E-state index in [1.807, 2.05) is 32.0 Å². The van der Waals surface area contributed by atoms with Crippen LogP contribution < -0.4 is 0 Å². The summed E-state index contributed by atoms with van der Waals surface area (Å²) in [6, 6.07) is 8.05. The number of nitrogens with zero attached hydrogens (tertiary/aromatic N) is 3. The average Bonchev–Trinajstić information content (AvgIpc) is 2.89. The molecule has 0 fully saturated rings. The predicted octanol–water partition coefficient (Wildman–Crippen LogP) is 3.61. The van der Waals surface area contributed by atoms with Crippen molar-refractivity contribution in [3.05, 3.63) is 48.0 Å². The number of aliphatic hydroxyl groups excluding tert-OH is 1. The van der Waals surface area contributed by atoms with E-state index in [0.29, 0.717) is 5.82 Å². The molecule has 1 unspecified atom stereocenters. The van der Waals surface area contributed by atoms with Gasteiger partial charge in [-0.2, -0.15) is 0 Å². The van der Waals surface area contributed by atoms with Crippen molar-refractivity contribution in [3.8, 4) is 0 Å². The van der Waals surface area contributed by atoms with E-state index in [1.165, 1.54) is 0 Å². The lowest BCUT2D eigenvalue weighted by atomic mass is 10.2. The zero-order chi connectivity index (χ0) is 14.8. The number of benzene rings is 1. The summed E-state index contributed by atoms with van der Waals surface area (Å²) >= 11 is 3.19. The van der Waals surface area contributed by atoms with Crippen LogP contribution in [0.3, 0.4) is 0 Å². The Balaban J connectivity index is 1.75. The Morgan fingerprint density at radius 2 is 1.90 bits per heavy atom. The summed E-state index contributed by atoms with van der Waals surface area (Å²) < 4.78 is 2.11. The Labute approximate surface area is 131 Å². The van der Waals surface area contributed by atoms with Crippen LogP contribution in [0, 0.1) is 6.92 Å². The smallest absolute Gasteiger partial charge is 0.157 e. The molecule has 0 aliphatic rings. The minimum Gasteiger partial charge on any atom is -0.384 e. The fourth-order valence-corrected chi connectivity index (χ4v) is 4.22. The zero-order valence-corrected chi connectivity index (χ0v) is 13.4. The van der Waals surface area contributed by atoms with Gasteiger partial charge in [0.1, 0.15) is 6.10 Å². The first-order valence-electron chi connectivity index (χ1n) is 6.62. The second-order valence-electron chi connectivity index (χ2n) is 4.83. The lowest BCUT2D eigenvalue weighted by Crippen LogP contribution is -2.14. The van der Waals surface area contributed by atoms with Gasteiger partial charge in [-0.3, -0.25) is 0 Å². The maximum Gasteiger partial charge on any atom is 0.157 e. The molecule has 0 saturated carbocycles. The molecule has 2 atom stereocenters. The van der Waals surface area contributed by atoms with E-state index in [2.05, 4.69) is 21.0 Å². The molecule has 0 radical (unpaired) electrons. The number of para-hydroxylation sites is 1. The monoisotopic (exact) mass is 317 g/mol. The molecule has 1 N–H and O–H groups in total. The van der Waals surface area contributed by atoms with Crippen LogP contribution in [0.1, 0.15) is 24.4 Å². The molecule has 21 heavy (non-hydrogen) atoms. The third-order valence-corrected chi connectivity index (χ3v) is 5.36. The number of aliphatic hydroxyl groups is 1. The molecule has 108 valence electrons. The quantitative estimate of drug-likeness (QED) is 0.745. The highest BCUT2D eigenvalue weighted by atomic mass is 32.2. The number of hydrogen-bond donors (Lipinski definition) is 1. The highest BCUT2D eigenvalue weighted by Crippen LogP contribution is 2.35. The molecule has 3 rings (SSSR count). The number of aryl methyl sites for hydroxylation is 1. The first kappa shape index (κ1) is 14.4. The summed E-state index contributed by atoms with van der Waals surface area (Å²) in [5, 5.41) is 10.3. The molecule has 0 aliphatic heterocycles. The van der Waals surface area contributed by atoms with Crippen molar-refractivity contribution < 1.29 is 5.11 Å². The summed E-state index contributed by atoms with van der Waals surface area (Å²) in [6.07, 6.45) is 2.74. The fraction of sp³-hybridized carbons (Fsp3) is 0.267. The molecule has 0 saturated heterocycles. The van der Waals surface area contributed by atoms with Crippen LogP contribution in [0.2, 0.25) is 0 Å². The van der Waals surface area contributed by atoms with Crippen LogP contribution in [0.25, 0.3) is 10.2 Å². The van der Waals surface area contributed by atoms with E-state index in [9.17, 15) is 5.11 Å². The van der Waals surface area contributed by atoms with Crippen molar-refractivity contribution in [1.29, 1.82) is 0 Å². The first-order valence-corrected chi connectivity index (χ1v) is 8.32. The van der Waals surface area contributed by atoms with E-state index in [1.54, 1.807) is 35.5 Å². The Hall–Kier alpha value is -1.50. The Kier molecular flexibility index (Phi) is 4.19. The molecule has 2 aromatic heterocycles. The van der Waals surface area contributed by atoms with Crippen LogP contribution in [0.5, 0.6) is 0 Å². The Morgan fingerprint density at radius 1 is 1.19 bits per heavy atom. The summed E-state index contributed by atoms with van der Waals surface area (Å²) in [7, 11) is 0. The minimum atomic E-state index is -0.706. The highest BCUT2D eigenvalue weighted by molar-refractivity contribution is 8.01. The largest absolute Gasteiger partial charge is 0.384 e. The number of thioether (sulfide) groups is 1. The molecular formula is C15H15N3OS2. The van der Waals surface area contributed by atoms with E-state index < -0.39 is 6.10 Å². The number of fused-ring (bicyclic) bond motifs is 1. The van der Waals surface area contributed by atoms with E-state index in [0.717, 1.165) is 20.1 Å². The van der Waals surface area contributed by atoms with E-state index in [-0.39, 0.29) is 5.25 Å². The van der Waals surface area contributed by atoms with Crippen molar-refractivity contribution in [1.82, 2.24) is 15.0 Å². The molecule has 0 spiro atoms. The second-order valence-corrected chi connectivity index (χ2v) is 7.49. The van der Waals surface area contributed by atoms with Gasteiger partial charge < -0.3 is 5.11 Å². The van der Waals surface area contributed by atoms with Crippen LogP contribution >= 0.6 is 23.1 Å². The summed E-state index contributed by atoms with van der Waals surface area (Å²) in [5.74, 6) is 0.460. The number of rotatable bonds is 4. The van der Waals surface area contributed by atoms with Gasteiger partial charge in [0.15, 0.2) is 10.2 Å². The molecule has 4 nitrogen and oxygen atoms in total. The normalized spacial score (nSPS) is 14.2. The summed E-state index contributed by atoms with van der Waals surface area (Å²) in [6.45, 7) is 3.89. The van der Waals surface area contributed by atoms with Gasteiger partial charge in [-0.1, -0.05) is 23.9 Å². The van der Waals surface area contributed by atoms with E-state index >= 15 is 0 Å². The van der Waals surface area contributed by atoms with Crippen LogP contribution in [0.4, 0.5) is 0 Å². The zero-order valence-electron chi connectivity index (χ0n) is 11.7. The fourth-order valence-electron chi connectivity index (χ4n) is 1.89. The molecule has 3 aromatic rings. The van der Waals surface area contributed by atoms with Crippen molar-refractivity contribution in [2.24, 2.45) is 0 Å². The molecule has 1 aromatic carbocycles. The SMILES string of the molecule is Cc1cnc([C@@H](O)C(C)Sc2nc3ccccc3s2)nc1. The number of thiazole rings is 1. The van der Waals surface area contributed by atoms with Gasteiger partial charge in [0.25, 0.3) is 0 Å². The topological polar surface area (TPSA) is 58.9 Å². The highest BCUT2D eigenvalue weighted by Gasteiger charge is 2.21. The maximum atomic E-state index is 10.3. The van der Waals surface area contributed by atoms with Gasteiger partial charge in [0.2, 0.25) is 0 Å². The van der Waals surface area contributed by atoms with Gasteiger partial charge >= 0.3 is 0 Å². The third-order valence-electron chi connectivity index (χ3n) is 3.07. The van der Waals surface area contributed by atoms with Crippen molar-refractivity contribution in [2.45, 2.75) is 29.5 Å². The van der Waals surface area contributed by atoms with E-state index in [4.69, 9.17) is 0 Å². The molecular weight excluding hydrogens is 302 g/mol. The molecule has 2 heterocycles. The van der Waals surface area contributed by atoms with Gasteiger partial charge in [0, 0.05) is 17.6 Å². The number of hydrogen-bond acceptors (Lipinski definition) is 6. The maximum absolute atomic E-state index is 10.3. The summed E-state index contributed by atoms with van der Waals surface area (Å²) in [4.78, 5) is 13.0.